The Kier molecular flexibility index (Phi) is 5.12. The topological polar surface area (TPSA) is 39.7 Å². The van der Waals surface area contributed by atoms with Crippen LogP contribution < -0.4 is 14.8 Å². The van der Waals surface area contributed by atoms with E-state index < -0.39 is 0 Å². The number of benzene rings is 1. The van der Waals surface area contributed by atoms with Crippen molar-refractivity contribution >= 4 is 0 Å². The Balaban J connectivity index is 1.95. The molecule has 2 unspecified atom stereocenters. The minimum atomic E-state index is 0.185. The van der Waals surface area contributed by atoms with Crippen molar-refractivity contribution in [3.05, 3.63) is 23.8 Å². The van der Waals surface area contributed by atoms with Gasteiger partial charge < -0.3 is 19.5 Å². The molecule has 1 saturated carbocycles. The predicted molar refractivity (Wildman–Crippen MR) is 84.0 cm³/mol. The van der Waals surface area contributed by atoms with E-state index in [1.54, 1.807) is 14.2 Å². The molecule has 0 bridgehead atoms. The molecule has 2 rings (SSSR count). The van der Waals surface area contributed by atoms with Crippen molar-refractivity contribution in [2.75, 3.05) is 20.8 Å². The fourth-order valence-corrected chi connectivity index (χ4v) is 2.97. The number of rotatable bonds is 7. The van der Waals surface area contributed by atoms with E-state index in [2.05, 4.69) is 25.2 Å². The van der Waals surface area contributed by atoms with E-state index in [0.717, 1.165) is 24.5 Å². The lowest BCUT2D eigenvalue weighted by Crippen LogP contribution is -2.60. The summed E-state index contributed by atoms with van der Waals surface area (Å²) in [5, 5.41) is 3.62. The Hall–Kier alpha value is -1.26. The summed E-state index contributed by atoms with van der Waals surface area (Å²) < 4.78 is 16.4. The Bertz CT molecular complexity index is 473. The van der Waals surface area contributed by atoms with Crippen LogP contribution in [0.25, 0.3) is 0 Å². The van der Waals surface area contributed by atoms with Crippen LogP contribution in [0.15, 0.2) is 18.2 Å². The van der Waals surface area contributed by atoms with Gasteiger partial charge in [0.15, 0.2) is 11.5 Å². The molecule has 0 aromatic heterocycles. The maximum atomic E-state index is 5.54. The molecule has 0 heterocycles. The summed E-state index contributed by atoms with van der Waals surface area (Å²) in [6.45, 7) is 7.94. The highest BCUT2D eigenvalue weighted by molar-refractivity contribution is 5.43. The molecule has 4 heteroatoms. The second-order valence-corrected chi connectivity index (χ2v) is 6.13. The second-order valence-electron chi connectivity index (χ2n) is 6.13. The number of hydrogen-bond donors (Lipinski definition) is 1. The van der Waals surface area contributed by atoms with Crippen molar-refractivity contribution in [2.45, 2.75) is 45.9 Å². The van der Waals surface area contributed by atoms with Crippen LogP contribution in [0, 0.1) is 5.41 Å². The summed E-state index contributed by atoms with van der Waals surface area (Å²) in [6.07, 6.45) is 1.42. The van der Waals surface area contributed by atoms with Gasteiger partial charge in [0.2, 0.25) is 0 Å². The van der Waals surface area contributed by atoms with Gasteiger partial charge in [0.1, 0.15) is 0 Å². The van der Waals surface area contributed by atoms with Gasteiger partial charge in [0.05, 0.1) is 19.8 Å². The molecular formula is C17H27NO3. The molecule has 0 aliphatic heterocycles. The van der Waals surface area contributed by atoms with Crippen LogP contribution >= 0.6 is 0 Å². The third-order valence-corrected chi connectivity index (χ3v) is 4.54. The fraction of sp³-hybridized carbons (Fsp3) is 0.647. The lowest BCUT2D eigenvalue weighted by Gasteiger charge is -2.51. The van der Waals surface area contributed by atoms with Gasteiger partial charge in [-0.05, 0) is 31.0 Å². The first-order chi connectivity index (χ1) is 10.0. The maximum absolute atomic E-state index is 5.54. The molecule has 1 aliphatic rings. The van der Waals surface area contributed by atoms with Crippen LogP contribution in [0.1, 0.15) is 32.8 Å². The lowest BCUT2D eigenvalue weighted by atomic mass is 9.64. The van der Waals surface area contributed by atoms with Gasteiger partial charge in [-0.3, -0.25) is 0 Å². The summed E-state index contributed by atoms with van der Waals surface area (Å²) in [6, 6.07) is 6.58. The molecule has 0 spiro atoms. The van der Waals surface area contributed by atoms with E-state index in [1.807, 2.05) is 19.1 Å². The summed E-state index contributed by atoms with van der Waals surface area (Å²) in [5.74, 6) is 1.59. The third kappa shape index (κ3) is 3.33. The fourth-order valence-electron chi connectivity index (χ4n) is 2.97. The van der Waals surface area contributed by atoms with E-state index in [1.165, 1.54) is 5.56 Å². The van der Waals surface area contributed by atoms with E-state index in [4.69, 9.17) is 14.2 Å². The highest BCUT2D eigenvalue weighted by Gasteiger charge is 2.48. The molecular weight excluding hydrogens is 266 g/mol. The quantitative estimate of drug-likeness (QED) is 0.839. The smallest absolute Gasteiger partial charge is 0.161 e. The molecule has 1 aromatic rings. The number of hydrogen-bond acceptors (Lipinski definition) is 4. The summed E-state index contributed by atoms with van der Waals surface area (Å²) in [5.41, 5.74) is 1.39. The molecule has 118 valence electrons. The van der Waals surface area contributed by atoms with Crippen LogP contribution in [0.2, 0.25) is 0 Å². The molecule has 1 N–H and O–H groups in total. The van der Waals surface area contributed by atoms with E-state index in [-0.39, 0.29) is 5.41 Å². The summed E-state index contributed by atoms with van der Waals surface area (Å²) in [7, 11) is 3.47. The monoisotopic (exact) mass is 293 g/mol. The van der Waals surface area contributed by atoms with E-state index in [9.17, 15) is 0 Å². The van der Waals surface area contributed by atoms with Crippen LogP contribution in [0.3, 0.4) is 0 Å². The normalized spacial score (nSPS) is 23.5. The van der Waals surface area contributed by atoms with Crippen LogP contribution in [-0.4, -0.2) is 33.0 Å². The molecule has 1 aliphatic carbocycles. The molecule has 0 saturated heterocycles. The number of ether oxygens (including phenoxy) is 3. The Morgan fingerprint density at radius 2 is 2.00 bits per heavy atom. The van der Waals surface area contributed by atoms with Gasteiger partial charge in [-0.15, -0.1) is 0 Å². The predicted octanol–water partition coefficient (Wildman–Crippen LogP) is 3.00. The van der Waals surface area contributed by atoms with Gasteiger partial charge in [-0.25, -0.2) is 0 Å². The van der Waals surface area contributed by atoms with E-state index >= 15 is 0 Å². The molecule has 4 nitrogen and oxygen atoms in total. The van der Waals surface area contributed by atoms with Crippen molar-refractivity contribution in [1.82, 2.24) is 5.32 Å². The van der Waals surface area contributed by atoms with Gasteiger partial charge in [-0.1, -0.05) is 19.9 Å². The molecule has 0 radical (unpaired) electrons. The first kappa shape index (κ1) is 16.1. The molecule has 21 heavy (non-hydrogen) atoms. The minimum Gasteiger partial charge on any atom is -0.493 e. The van der Waals surface area contributed by atoms with Gasteiger partial charge >= 0.3 is 0 Å². The average molecular weight is 293 g/mol. The zero-order chi connectivity index (χ0) is 15.5. The lowest BCUT2D eigenvalue weighted by molar-refractivity contribution is -0.0979. The van der Waals surface area contributed by atoms with Crippen molar-refractivity contribution in [3.8, 4) is 11.5 Å². The first-order valence-electron chi connectivity index (χ1n) is 7.58. The zero-order valence-electron chi connectivity index (χ0n) is 13.7. The molecule has 1 fully saturated rings. The Morgan fingerprint density at radius 1 is 1.24 bits per heavy atom. The van der Waals surface area contributed by atoms with Crippen LogP contribution in [-0.2, 0) is 11.3 Å². The second kappa shape index (κ2) is 6.67. The summed E-state index contributed by atoms with van der Waals surface area (Å²) in [4.78, 5) is 0. The SMILES string of the molecule is CCOc1ccc(CNC2CC(OC)C2(C)C)cc1OC. The molecule has 1 aromatic carbocycles. The Labute approximate surface area is 127 Å². The first-order valence-corrected chi connectivity index (χ1v) is 7.58. The van der Waals surface area contributed by atoms with Gasteiger partial charge in [0.25, 0.3) is 0 Å². The largest absolute Gasteiger partial charge is 0.493 e. The minimum absolute atomic E-state index is 0.185. The van der Waals surface area contributed by atoms with Gasteiger partial charge in [0, 0.05) is 25.1 Å². The van der Waals surface area contributed by atoms with Crippen molar-refractivity contribution in [2.24, 2.45) is 5.41 Å². The van der Waals surface area contributed by atoms with Crippen LogP contribution in [0.5, 0.6) is 11.5 Å². The Morgan fingerprint density at radius 3 is 2.57 bits per heavy atom. The number of methoxy groups -OCH3 is 2. The highest BCUT2D eigenvalue weighted by Crippen LogP contribution is 2.42. The summed E-state index contributed by atoms with van der Waals surface area (Å²) >= 11 is 0. The van der Waals surface area contributed by atoms with Gasteiger partial charge in [-0.2, -0.15) is 0 Å². The standard InChI is InChI=1S/C17H27NO3/c1-6-21-13-8-7-12(9-14(13)19-4)11-18-15-10-16(20-5)17(15,2)3/h7-9,15-16,18H,6,10-11H2,1-5H3. The maximum Gasteiger partial charge on any atom is 0.161 e. The van der Waals surface area contributed by atoms with Crippen molar-refractivity contribution in [1.29, 1.82) is 0 Å². The van der Waals surface area contributed by atoms with E-state index in [0.29, 0.717) is 18.8 Å². The van der Waals surface area contributed by atoms with Crippen molar-refractivity contribution in [3.63, 3.8) is 0 Å². The third-order valence-electron chi connectivity index (χ3n) is 4.54. The number of nitrogens with one attached hydrogen (secondary N) is 1. The average Bonchev–Trinajstić information content (AvgIpc) is 2.47. The van der Waals surface area contributed by atoms with Crippen molar-refractivity contribution < 1.29 is 14.2 Å². The molecule has 2 atom stereocenters. The molecule has 0 amide bonds. The highest BCUT2D eigenvalue weighted by atomic mass is 16.5. The zero-order valence-corrected chi connectivity index (χ0v) is 13.7. The van der Waals surface area contributed by atoms with Crippen LogP contribution in [0.4, 0.5) is 0 Å².